The molecule has 1 aromatic carbocycles. The van der Waals surface area contributed by atoms with Crippen molar-refractivity contribution in [3.63, 3.8) is 0 Å². The standard InChI is InChI=1S/C11H13N/c1-2-11(12-8-9-12)10-6-4-3-5-7-10/h2-7H,8-9H2,1H3/b11-2-. The monoisotopic (exact) mass is 159 g/mol. The average Bonchev–Trinajstić information content (AvgIpc) is 2.92. The summed E-state index contributed by atoms with van der Waals surface area (Å²) in [6.07, 6.45) is 2.18. The van der Waals surface area contributed by atoms with Gasteiger partial charge in [-0.3, -0.25) is 0 Å². The van der Waals surface area contributed by atoms with Crippen LogP contribution in [0.5, 0.6) is 0 Å². The first kappa shape index (κ1) is 7.41. The van der Waals surface area contributed by atoms with Crippen molar-refractivity contribution in [3.8, 4) is 0 Å². The van der Waals surface area contributed by atoms with Crippen molar-refractivity contribution < 1.29 is 0 Å². The van der Waals surface area contributed by atoms with E-state index in [1.54, 1.807) is 0 Å². The highest BCUT2D eigenvalue weighted by Crippen LogP contribution is 2.24. The first-order chi connectivity index (χ1) is 5.92. The van der Waals surface area contributed by atoms with E-state index >= 15 is 0 Å². The molecular formula is C11H13N. The lowest BCUT2D eigenvalue weighted by atomic mass is 10.1. The molecule has 0 aliphatic carbocycles. The van der Waals surface area contributed by atoms with Gasteiger partial charge in [0.1, 0.15) is 0 Å². The summed E-state index contributed by atoms with van der Waals surface area (Å²) in [7, 11) is 0. The summed E-state index contributed by atoms with van der Waals surface area (Å²) < 4.78 is 0. The van der Waals surface area contributed by atoms with Gasteiger partial charge in [0, 0.05) is 18.8 Å². The zero-order chi connectivity index (χ0) is 8.39. The van der Waals surface area contributed by atoms with Gasteiger partial charge in [0.2, 0.25) is 0 Å². The van der Waals surface area contributed by atoms with Crippen LogP contribution in [0.1, 0.15) is 12.5 Å². The average molecular weight is 159 g/mol. The molecule has 0 N–H and O–H groups in total. The third kappa shape index (κ3) is 1.35. The first-order valence-corrected chi connectivity index (χ1v) is 4.38. The fourth-order valence-corrected chi connectivity index (χ4v) is 1.43. The second-order valence-corrected chi connectivity index (χ2v) is 3.03. The molecule has 0 atom stereocenters. The molecule has 1 aliphatic heterocycles. The summed E-state index contributed by atoms with van der Waals surface area (Å²) >= 11 is 0. The van der Waals surface area contributed by atoms with Crippen LogP contribution in [0, 0.1) is 0 Å². The Kier molecular flexibility index (Phi) is 1.86. The Hall–Kier alpha value is -1.24. The Balaban J connectivity index is 2.28. The first-order valence-electron chi connectivity index (χ1n) is 4.38. The molecule has 0 bridgehead atoms. The second kappa shape index (κ2) is 3.02. The quantitative estimate of drug-likeness (QED) is 0.599. The summed E-state index contributed by atoms with van der Waals surface area (Å²) in [5.74, 6) is 0. The van der Waals surface area contributed by atoms with Crippen molar-refractivity contribution in [2.24, 2.45) is 0 Å². The van der Waals surface area contributed by atoms with Crippen LogP contribution in [-0.2, 0) is 0 Å². The van der Waals surface area contributed by atoms with E-state index in [0.717, 1.165) is 0 Å². The normalized spacial score (nSPS) is 16.4. The minimum atomic E-state index is 1.22. The second-order valence-electron chi connectivity index (χ2n) is 3.03. The highest BCUT2D eigenvalue weighted by molar-refractivity contribution is 5.65. The van der Waals surface area contributed by atoms with Gasteiger partial charge in [-0.1, -0.05) is 36.4 Å². The third-order valence-corrected chi connectivity index (χ3v) is 2.13. The van der Waals surface area contributed by atoms with Gasteiger partial charge in [-0.25, -0.2) is 0 Å². The van der Waals surface area contributed by atoms with Gasteiger partial charge in [0.25, 0.3) is 0 Å². The molecule has 1 nitrogen and oxygen atoms in total. The van der Waals surface area contributed by atoms with E-state index < -0.39 is 0 Å². The molecular weight excluding hydrogens is 146 g/mol. The maximum Gasteiger partial charge on any atom is 0.0397 e. The van der Waals surface area contributed by atoms with Crippen LogP contribution in [0.3, 0.4) is 0 Å². The Morgan fingerprint density at radius 2 is 1.92 bits per heavy atom. The van der Waals surface area contributed by atoms with Gasteiger partial charge in [-0.2, -0.15) is 0 Å². The highest BCUT2D eigenvalue weighted by atomic mass is 15.3. The van der Waals surface area contributed by atoms with Gasteiger partial charge >= 0.3 is 0 Å². The van der Waals surface area contributed by atoms with Crippen molar-refractivity contribution in [3.05, 3.63) is 42.0 Å². The van der Waals surface area contributed by atoms with Crippen LogP contribution < -0.4 is 0 Å². The molecule has 1 heteroatoms. The maximum atomic E-state index is 2.37. The van der Waals surface area contributed by atoms with E-state index in [2.05, 4.69) is 48.2 Å². The topological polar surface area (TPSA) is 3.01 Å². The van der Waals surface area contributed by atoms with E-state index in [0.29, 0.717) is 0 Å². The molecule has 2 rings (SSSR count). The number of rotatable bonds is 2. The van der Waals surface area contributed by atoms with Gasteiger partial charge in [0.05, 0.1) is 0 Å². The molecule has 1 aromatic rings. The molecule has 1 aliphatic rings. The van der Waals surface area contributed by atoms with Crippen LogP contribution in [-0.4, -0.2) is 18.0 Å². The minimum absolute atomic E-state index is 1.22. The Morgan fingerprint density at radius 1 is 1.25 bits per heavy atom. The summed E-state index contributed by atoms with van der Waals surface area (Å²) in [5.41, 5.74) is 2.70. The van der Waals surface area contributed by atoms with Crippen LogP contribution in [0.15, 0.2) is 36.4 Å². The van der Waals surface area contributed by atoms with Crippen molar-refractivity contribution in [2.45, 2.75) is 6.92 Å². The molecule has 1 heterocycles. The van der Waals surface area contributed by atoms with Crippen LogP contribution in [0.4, 0.5) is 0 Å². The largest absolute Gasteiger partial charge is 0.368 e. The molecule has 0 unspecified atom stereocenters. The SMILES string of the molecule is C/C=C(/c1ccccc1)N1CC1. The van der Waals surface area contributed by atoms with E-state index in [-0.39, 0.29) is 0 Å². The van der Waals surface area contributed by atoms with E-state index in [1.165, 1.54) is 24.4 Å². The summed E-state index contributed by atoms with van der Waals surface area (Å²) in [6, 6.07) is 10.5. The molecule has 0 saturated carbocycles. The van der Waals surface area contributed by atoms with Gasteiger partial charge in [-0.15, -0.1) is 0 Å². The van der Waals surface area contributed by atoms with Crippen molar-refractivity contribution >= 4 is 5.70 Å². The van der Waals surface area contributed by atoms with E-state index in [9.17, 15) is 0 Å². The van der Waals surface area contributed by atoms with E-state index in [4.69, 9.17) is 0 Å². The molecule has 0 spiro atoms. The highest BCUT2D eigenvalue weighted by Gasteiger charge is 2.20. The zero-order valence-corrected chi connectivity index (χ0v) is 7.33. The zero-order valence-electron chi connectivity index (χ0n) is 7.33. The van der Waals surface area contributed by atoms with Gasteiger partial charge in [-0.05, 0) is 12.5 Å². The fourth-order valence-electron chi connectivity index (χ4n) is 1.43. The van der Waals surface area contributed by atoms with Gasteiger partial charge in [0.15, 0.2) is 0 Å². The van der Waals surface area contributed by atoms with Crippen LogP contribution in [0.2, 0.25) is 0 Å². The summed E-state index contributed by atoms with van der Waals surface area (Å²) in [6.45, 7) is 4.53. The molecule has 1 saturated heterocycles. The third-order valence-electron chi connectivity index (χ3n) is 2.13. The smallest absolute Gasteiger partial charge is 0.0397 e. The minimum Gasteiger partial charge on any atom is -0.368 e. The number of benzene rings is 1. The Bertz CT molecular complexity index is 283. The molecule has 0 amide bonds. The lowest BCUT2D eigenvalue weighted by Gasteiger charge is -2.07. The molecule has 0 aromatic heterocycles. The number of hydrogen-bond acceptors (Lipinski definition) is 1. The van der Waals surface area contributed by atoms with Crippen LogP contribution >= 0.6 is 0 Å². The number of allylic oxidation sites excluding steroid dienone is 1. The summed E-state index contributed by atoms with van der Waals surface area (Å²) in [5, 5.41) is 0. The number of hydrogen-bond donors (Lipinski definition) is 0. The maximum absolute atomic E-state index is 2.37. The number of nitrogens with zero attached hydrogens (tertiary/aromatic N) is 1. The van der Waals surface area contributed by atoms with Crippen LogP contribution in [0.25, 0.3) is 5.70 Å². The van der Waals surface area contributed by atoms with Crippen molar-refractivity contribution in [2.75, 3.05) is 13.1 Å². The molecule has 0 radical (unpaired) electrons. The molecule has 12 heavy (non-hydrogen) atoms. The molecule has 62 valence electrons. The van der Waals surface area contributed by atoms with Gasteiger partial charge < -0.3 is 4.90 Å². The predicted octanol–water partition coefficient (Wildman–Crippen LogP) is 2.36. The predicted molar refractivity (Wildman–Crippen MR) is 51.7 cm³/mol. The van der Waals surface area contributed by atoms with E-state index in [1.807, 2.05) is 0 Å². The Morgan fingerprint density at radius 3 is 2.42 bits per heavy atom. The van der Waals surface area contributed by atoms with Crippen molar-refractivity contribution in [1.82, 2.24) is 4.90 Å². The molecule has 1 fully saturated rings. The summed E-state index contributed by atoms with van der Waals surface area (Å²) in [4.78, 5) is 2.37. The Labute approximate surface area is 73.3 Å². The lowest BCUT2D eigenvalue weighted by Crippen LogP contribution is -1.94. The van der Waals surface area contributed by atoms with Crippen molar-refractivity contribution in [1.29, 1.82) is 0 Å². The lowest BCUT2D eigenvalue weighted by molar-refractivity contribution is 0.803. The fraction of sp³-hybridized carbons (Fsp3) is 0.273.